The van der Waals surface area contributed by atoms with Crippen molar-refractivity contribution in [2.75, 3.05) is 0 Å². The van der Waals surface area contributed by atoms with E-state index in [0.29, 0.717) is 0 Å². The molecule has 0 amide bonds. The summed E-state index contributed by atoms with van der Waals surface area (Å²) in [5.41, 5.74) is 13.2. The molecule has 1 heteroatoms. The molecular weight excluding hydrogens is 581 g/mol. The van der Waals surface area contributed by atoms with Crippen LogP contribution in [-0.2, 0) is 0 Å². The Morgan fingerprint density at radius 1 is 0.362 bits per heavy atom. The molecule has 0 atom stereocenters. The minimum absolute atomic E-state index is 1.25. The van der Waals surface area contributed by atoms with Crippen LogP contribution < -0.4 is 10.4 Å². The zero-order valence-corrected chi connectivity index (χ0v) is 28.4. The third-order valence-corrected chi connectivity index (χ3v) is 14.3. The first kappa shape index (κ1) is 28.0. The zero-order chi connectivity index (χ0) is 31.9. The molecule has 8 aromatic rings. The summed E-state index contributed by atoms with van der Waals surface area (Å²) in [6, 6.07) is 54.9. The highest BCUT2D eigenvalue weighted by Crippen LogP contribution is 2.47. The smallest absolute Gasteiger partial charge is 0.0623 e. The van der Waals surface area contributed by atoms with Crippen molar-refractivity contribution in [3.05, 3.63) is 157 Å². The Balaban J connectivity index is 1.47. The molecule has 224 valence electrons. The highest BCUT2D eigenvalue weighted by molar-refractivity contribution is 7.04. The molecule has 0 aliphatic carbocycles. The molecule has 0 saturated heterocycles. The van der Waals surface area contributed by atoms with Gasteiger partial charge in [-0.2, -0.15) is 0 Å². The van der Waals surface area contributed by atoms with E-state index >= 15 is 0 Å². The van der Waals surface area contributed by atoms with Crippen molar-refractivity contribution in [1.29, 1.82) is 0 Å². The number of fused-ring (bicyclic) bond motifs is 6. The van der Waals surface area contributed by atoms with Crippen LogP contribution in [0.25, 0.3) is 76.8 Å². The number of hydrogen-bond donors (Lipinski definition) is 0. The SMILES string of the molecule is Cc1ccccc1-c1c2ccc(-c3ccc4ccccc4c3)cc2c(-c2ccccc2C)c2cc3c(cc12)-c1ccccc1[Si]3(C)C. The van der Waals surface area contributed by atoms with E-state index < -0.39 is 8.07 Å². The minimum atomic E-state index is -1.90. The van der Waals surface area contributed by atoms with Gasteiger partial charge in [0, 0.05) is 0 Å². The molecule has 0 unspecified atom stereocenters. The largest absolute Gasteiger partial charge is 0.113 e. The van der Waals surface area contributed by atoms with E-state index in [-0.39, 0.29) is 0 Å². The second-order valence-electron chi connectivity index (χ2n) is 13.8. The van der Waals surface area contributed by atoms with Crippen LogP contribution in [-0.4, -0.2) is 8.07 Å². The molecule has 0 radical (unpaired) electrons. The average molecular weight is 617 g/mol. The molecule has 0 fully saturated rings. The summed E-state index contributed by atoms with van der Waals surface area (Å²) in [5.74, 6) is 0. The summed E-state index contributed by atoms with van der Waals surface area (Å²) in [6.45, 7) is 9.57. The van der Waals surface area contributed by atoms with Gasteiger partial charge in [0.15, 0.2) is 0 Å². The van der Waals surface area contributed by atoms with Crippen LogP contribution in [0, 0.1) is 13.8 Å². The standard InChI is InChI=1S/C46H36Si/c1-29-13-5-9-17-35(29)45-38-24-23-34(33-22-21-31-15-7-8-16-32(31)25-33)26-40(38)46(36-18-10-6-14-30(36)2)42-28-44-39(27-41(42)45)37-19-11-12-20-43(37)47(44,3)4/h5-28H,1-4H3. The maximum atomic E-state index is 2.60. The third kappa shape index (κ3) is 4.20. The molecular formula is C46H36Si. The van der Waals surface area contributed by atoms with Gasteiger partial charge in [0.25, 0.3) is 0 Å². The van der Waals surface area contributed by atoms with E-state index in [2.05, 4.69) is 173 Å². The van der Waals surface area contributed by atoms with Gasteiger partial charge in [0.2, 0.25) is 0 Å². The number of rotatable bonds is 3. The molecule has 0 N–H and O–H groups in total. The molecule has 0 spiro atoms. The van der Waals surface area contributed by atoms with Crippen LogP contribution in [0.15, 0.2) is 146 Å². The fourth-order valence-corrected chi connectivity index (χ4v) is 11.3. The Labute approximate surface area is 278 Å². The van der Waals surface area contributed by atoms with Crippen molar-refractivity contribution in [3.63, 3.8) is 0 Å². The highest BCUT2D eigenvalue weighted by Gasteiger charge is 2.38. The van der Waals surface area contributed by atoms with Gasteiger partial charge < -0.3 is 0 Å². The second kappa shape index (κ2) is 10.4. The maximum absolute atomic E-state index is 2.60. The molecule has 1 heterocycles. The van der Waals surface area contributed by atoms with Crippen LogP contribution in [0.3, 0.4) is 0 Å². The van der Waals surface area contributed by atoms with Gasteiger partial charge >= 0.3 is 0 Å². The molecule has 0 aromatic heterocycles. The first-order valence-electron chi connectivity index (χ1n) is 16.7. The summed E-state index contributed by atoms with van der Waals surface area (Å²) in [6.07, 6.45) is 0. The summed E-state index contributed by atoms with van der Waals surface area (Å²) >= 11 is 0. The van der Waals surface area contributed by atoms with Gasteiger partial charge in [0.05, 0.1) is 0 Å². The minimum Gasteiger partial charge on any atom is -0.0623 e. The number of hydrogen-bond acceptors (Lipinski definition) is 0. The van der Waals surface area contributed by atoms with E-state index in [1.807, 2.05) is 0 Å². The predicted molar refractivity (Wildman–Crippen MR) is 207 cm³/mol. The van der Waals surface area contributed by atoms with Gasteiger partial charge in [-0.05, 0) is 130 Å². The monoisotopic (exact) mass is 616 g/mol. The van der Waals surface area contributed by atoms with Crippen LogP contribution in [0.4, 0.5) is 0 Å². The van der Waals surface area contributed by atoms with Gasteiger partial charge in [-0.15, -0.1) is 0 Å². The maximum Gasteiger partial charge on any atom is 0.113 e. The average Bonchev–Trinajstić information content (AvgIpc) is 3.32. The molecule has 1 aliphatic heterocycles. The Morgan fingerprint density at radius 3 is 1.62 bits per heavy atom. The second-order valence-corrected chi connectivity index (χ2v) is 18.1. The van der Waals surface area contributed by atoms with Crippen molar-refractivity contribution in [2.45, 2.75) is 26.9 Å². The molecule has 1 aliphatic rings. The van der Waals surface area contributed by atoms with E-state index in [4.69, 9.17) is 0 Å². The first-order chi connectivity index (χ1) is 22.9. The van der Waals surface area contributed by atoms with Gasteiger partial charge in [0.1, 0.15) is 8.07 Å². The molecule has 0 bridgehead atoms. The lowest BCUT2D eigenvalue weighted by atomic mass is 9.82. The van der Waals surface area contributed by atoms with Crippen molar-refractivity contribution in [3.8, 4) is 44.5 Å². The molecule has 0 saturated carbocycles. The lowest BCUT2D eigenvalue weighted by Crippen LogP contribution is -2.49. The van der Waals surface area contributed by atoms with Crippen LogP contribution in [0.5, 0.6) is 0 Å². The Morgan fingerprint density at radius 2 is 0.894 bits per heavy atom. The van der Waals surface area contributed by atoms with Crippen LogP contribution >= 0.6 is 0 Å². The number of benzene rings is 8. The highest BCUT2D eigenvalue weighted by atomic mass is 28.3. The fourth-order valence-electron chi connectivity index (χ4n) is 8.26. The van der Waals surface area contributed by atoms with Gasteiger partial charge in [-0.25, -0.2) is 0 Å². The van der Waals surface area contributed by atoms with Crippen molar-refractivity contribution < 1.29 is 0 Å². The van der Waals surface area contributed by atoms with Crippen molar-refractivity contribution >= 4 is 50.8 Å². The lowest BCUT2D eigenvalue weighted by molar-refractivity contribution is 1.47. The van der Waals surface area contributed by atoms with Gasteiger partial charge in [-0.1, -0.05) is 140 Å². The Hall–Kier alpha value is -5.24. The third-order valence-electron chi connectivity index (χ3n) is 10.7. The first-order valence-corrected chi connectivity index (χ1v) is 19.7. The Kier molecular flexibility index (Phi) is 6.19. The molecule has 0 nitrogen and oxygen atoms in total. The predicted octanol–water partition coefficient (Wildman–Crippen LogP) is 11.6. The van der Waals surface area contributed by atoms with Gasteiger partial charge in [-0.3, -0.25) is 0 Å². The van der Waals surface area contributed by atoms with Crippen molar-refractivity contribution in [2.24, 2.45) is 0 Å². The van der Waals surface area contributed by atoms with E-state index in [0.717, 1.165) is 0 Å². The quantitative estimate of drug-likeness (QED) is 0.137. The zero-order valence-electron chi connectivity index (χ0n) is 27.4. The normalized spacial score (nSPS) is 13.3. The topological polar surface area (TPSA) is 0 Å². The van der Waals surface area contributed by atoms with Crippen LogP contribution in [0.2, 0.25) is 13.1 Å². The lowest BCUT2D eigenvalue weighted by Gasteiger charge is -2.23. The summed E-state index contributed by atoms with van der Waals surface area (Å²) in [7, 11) is -1.90. The fraction of sp³-hybridized carbons (Fsp3) is 0.0870. The Bertz CT molecular complexity index is 2570. The summed E-state index contributed by atoms with van der Waals surface area (Å²) in [4.78, 5) is 0. The van der Waals surface area contributed by atoms with E-state index in [9.17, 15) is 0 Å². The van der Waals surface area contributed by atoms with Crippen molar-refractivity contribution in [1.82, 2.24) is 0 Å². The van der Waals surface area contributed by atoms with Crippen LogP contribution in [0.1, 0.15) is 11.1 Å². The number of aryl methyl sites for hydroxylation is 2. The van der Waals surface area contributed by atoms with E-state index in [1.54, 1.807) is 10.4 Å². The molecule has 8 aromatic carbocycles. The van der Waals surface area contributed by atoms with E-state index in [1.165, 1.54) is 88.0 Å². The molecule has 47 heavy (non-hydrogen) atoms. The summed E-state index contributed by atoms with van der Waals surface area (Å²) in [5, 5.41) is 10.9. The molecule has 9 rings (SSSR count). The summed E-state index contributed by atoms with van der Waals surface area (Å²) < 4.78 is 0.